The first-order valence-electron chi connectivity index (χ1n) is 11.6. The minimum absolute atomic E-state index is 0.0538. The van der Waals surface area contributed by atoms with Gasteiger partial charge in [-0.05, 0) is 43.7 Å². The zero-order valence-corrected chi connectivity index (χ0v) is 19.4. The summed E-state index contributed by atoms with van der Waals surface area (Å²) in [4.78, 5) is 22.2. The lowest BCUT2D eigenvalue weighted by Crippen LogP contribution is -2.27. The number of nitrogens with zero attached hydrogens (tertiary/aromatic N) is 4. The van der Waals surface area contributed by atoms with Gasteiger partial charge in [0.25, 0.3) is 0 Å². The number of aryl methyl sites for hydroxylation is 1. The van der Waals surface area contributed by atoms with Crippen LogP contribution in [-0.2, 0) is 16.1 Å². The standard InChI is InChI=1S/C26H24FN5O3/c1-3-32-11-19(23(31-32)15-4-6-17(27)7-5-15)24-18-8-21(22(34-2)9-20(18)28-14-29-24)30-25(33)26-10-16(26)12-35-13-26/h4-9,11,14,16H,3,10,12-13H2,1-2H3,(H,30,33)/t16-,26-/m1/s1. The van der Waals surface area contributed by atoms with Crippen LogP contribution in [0.4, 0.5) is 10.1 Å². The molecule has 35 heavy (non-hydrogen) atoms. The third-order valence-corrected chi connectivity index (χ3v) is 7.03. The largest absolute Gasteiger partial charge is 0.494 e. The van der Waals surface area contributed by atoms with Crippen LogP contribution in [0.3, 0.4) is 0 Å². The Balaban J connectivity index is 1.47. The van der Waals surface area contributed by atoms with E-state index in [-0.39, 0.29) is 17.6 Å². The number of benzene rings is 2. The average molecular weight is 474 g/mol. The van der Waals surface area contributed by atoms with Crippen molar-refractivity contribution >= 4 is 22.5 Å². The van der Waals surface area contributed by atoms with Crippen LogP contribution in [0.2, 0.25) is 0 Å². The van der Waals surface area contributed by atoms with Gasteiger partial charge in [-0.25, -0.2) is 14.4 Å². The molecular formula is C26H24FN5O3. The highest BCUT2D eigenvalue weighted by atomic mass is 19.1. The number of carbonyl (C=O) groups excluding carboxylic acids is 1. The molecule has 2 atom stereocenters. The Hall–Kier alpha value is -3.85. The molecule has 0 unspecified atom stereocenters. The molecule has 2 aromatic heterocycles. The minimum Gasteiger partial charge on any atom is -0.494 e. The number of fused-ring (bicyclic) bond motifs is 2. The minimum atomic E-state index is -0.437. The summed E-state index contributed by atoms with van der Waals surface area (Å²) in [6, 6.07) is 9.88. The van der Waals surface area contributed by atoms with Crippen LogP contribution in [0.1, 0.15) is 13.3 Å². The summed E-state index contributed by atoms with van der Waals surface area (Å²) in [7, 11) is 1.56. The molecule has 6 rings (SSSR count). The Bertz CT molecular complexity index is 1450. The van der Waals surface area contributed by atoms with Crippen molar-refractivity contribution in [1.82, 2.24) is 19.7 Å². The lowest BCUT2D eigenvalue weighted by molar-refractivity contribution is -0.121. The van der Waals surface area contributed by atoms with Crippen molar-refractivity contribution in [2.45, 2.75) is 19.9 Å². The van der Waals surface area contributed by atoms with Gasteiger partial charge < -0.3 is 14.8 Å². The predicted octanol–water partition coefficient (Wildman–Crippen LogP) is 4.30. The first-order chi connectivity index (χ1) is 17.0. The maximum Gasteiger partial charge on any atom is 0.233 e. The van der Waals surface area contributed by atoms with E-state index in [9.17, 15) is 9.18 Å². The van der Waals surface area contributed by atoms with Gasteiger partial charge in [-0.15, -0.1) is 0 Å². The zero-order valence-electron chi connectivity index (χ0n) is 19.4. The third-order valence-electron chi connectivity index (χ3n) is 7.03. The van der Waals surface area contributed by atoms with E-state index in [4.69, 9.17) is 14.6 Å². The fourth-order valence-electron chi connectivity index (χ4n) is 4.89. The molecule has 178 valence electrons. The molecule has 1 N–H and O–H groups in total. The van der Waals surface area contributed by atoms with Gasteiger partial charge in [0.1, 0.15) is 23.6 Å². The maximum absolute atomic E-state index is 13.6. The molecule has 0 spiro atoms. The molecule has 0 radical (unpaired) electrons. The topological polar surface area (TPSA) is 91.2 Å². The van der Waals surface area contributed by atoms with Crippen LogP contribution in [0.15, 0.2) is 48.9 Å². The van der Waals surface area contributed by atoms with Gasteiger partial charge >= 0.3 is 0 Å². The van der Waals surface area contributed by atoms with E-state index < -0.39 is 5.41 Å². The summed E-state index contributed by atoms with van der Waals surface area (Å²) in [5.41, 5.74) is 3.72. The molecule has 9 heteroatoms. The number of nitrogens with one attached hydrogen (secondary N) is 1. The molecule has 2 aromatic carbocycles. The Labute approximate surface area is 201 Å². The van der Waals surface area contributed by atoms with Crippen LogP contribution in [-0.4, -0.2) is 46.0 Å². The molecule has 4 aromatic rings. The highest BCUT2D eigenvalue weighted by Crippen LogP contribution is 2.57. The summed E-state index contributed by atoms with van der Waals surface area (Å²) in [6.07, 6.45) is 4.27. The normalized spacial score (nSPS) is 20.6. The Morgan fingerprint density at radius 1 is 1.26 bits per heavy atom. The Morgan fingerprint density at radius 3 is 2.77 bits per heavy atom. The van der Waals surface area contributed by atoms with E-state index in [0.717, 1.165) is 22.9 Å². The molecule has 1 aliphatic carbocycles. The molecule has 1 amide bonds. The van der Waals surface area contributed by atoms with Gasteiger partial charge in [-0.2, -0.15) is 5.10 Å². The van der Waals surface area contributed by atoms with Crippen molar-refractivity contribution in [3.8, 4) is 28.3 Å². The number of halogens is 1. The van der Waals surface area contributed by atoms with E-state index in [1.807, 2.05) is 23.9 Å². The summed E-state index contributed by atoms with van der Waals surface area (Å²) in [6.45, 7) is 3.75. The van der Waals surface area contributed by atoms with Gasteiger partial charge in [-0.1, -0.05) is 0 Å². The van der Waals surface area contributed by atoms with Crippen LogP contribution in [0.5, 0.6) is 5.75 Å². The second-order valence-corrected chi connectivity index (χ2v) is 9.07. The van der Waals surface area contributed by atoms with Crippen LogP contribution in [0.25, 0.3) is 33.4 Å². The van der Waals surface area contributed by atoms with Crippen molar-refractivity contribution in [2.75, 3.05) is 25.6 Å². The van der Waals surface area contributed by atoms with Crippen LogP contribution >= 0.6 is 0 Å². The van der Waals surface area contributed by atoms with Crippen molar-refractivity contribution < 1.29 is 18.7 Å². The number of methoxy groups -OCH3 is 1. The predicted molar refractivity (Wildman–Crippen MR) is 128 cm³/mol. The summed E-state index contributed by atoms with van der Waals surface area (Å²) in [5.74, 6) is 0.439. The molecule has 0 bridgehead atoms. The van der Waals surface area contributed by atoms with E-state index in [2.05, 4.69) is 15.3 Å². The number of ether oxygens (including phenoxy) is 2. The van der Waals surface area contributed by atoms with Crippen LogP contribution < -0.4 is 10.1 Å². The smallest absolute Gasteiger partial charge is 0.233 e. The molecule has 3 heterocycles. The van der Waals surface area contributed by atoms with Gasteiger partial charge in [0.15, 0.2) is 0 Å². The number of amides is 1. The van der Waals surface area contributed by atoms with E-state index in [0.29, 0.717) is 48.1 Å². The lowest BCUT2D eigenvalue weighted by Gasteiger charge is -2.16. The number of hydrogen-bond donors (Lipinski definition) is 1. The summed E-state index contributed by atoms with van der Waals surface area (Å²) >= 11 is 0. The first-order valence-corrected chi connectivity index (χ1v) is 11.6. The van der Waals surface area contributed by atoms with Crippen molar-refractivity contribution in [2.24, 2.45) is 11.3 Å². The molecule has 1 aliphatic heterocycles. The number of aromatic nitrogens is 4. The van der Waals surface area contributed by atoms with Gasteiger partial charge in [0.2, 0.25) is 5.91 Å². The third kappa shape index (κ3) is 3.54. The SMILES string of the molecule is CCn1cc(-c2ncnc3cc(OC)c(NC(=O)[C@]45COC[C@H]4C5)cc23)c(-c2ccc(F)cc2)n1. The van der Waals surface area contributed by atoms with E-state index in [1.54, 1.807) is 25.3 Å². The highest BCUT2D eigenvalue weighted by Gasteiger charge is 2.63. The molecule has 8 nitrogen and oxygen atoms in total. The summed E-state index contributed by atoms with van der Waals surface area (Å²) in [5, 5.41) is 8.52. The van der Waals surface area contributed by atoms with E-state index in [1.165, 1.54) is 18.5 Å². The quantitative estimate of drug-likeness (QED) is 0.449. The van der Waals surface area contributed by atoms with E-state index >= 15 is 0 Å². The van der Waals surface area contributed by atoms with Gasteiger partial charge in [0, 0.05) is 41.2 Å². The fraction of sp³-hybridized carbons (Fsp3) is 0.308. The van der Waals surface area contributed by atoms with Crippen LogP contribution in [0, 0.1) is 17.2 Å². The van der Waals surface area contributed by atoms with Gasteiger partial charge in [0.05, 0.1) is 42.6 Å². The highest BCUT2D eigenvalue weighted by molar-refractivity contribution is 6.04. The lowest BCUT2D eigenvalue weighted by atomic mass is 10.0. The monoisotopic (exact) mass is 473 g/mol. The molecule has 1 saturated heterocycles. The molecule has 2 aliphatic rings. The average Bonchev–Trinajstić information content (AvgIpc) is 3.21. The fourth-order valence-corrected chi connectivity index (χ4v) is 4.89. The number of rotatable bonds is 6. The number of carbonyl (C=O) groups is 1. The molecular weight excluding hydrogens is 449 g/mol. The van der Waals surface area contributed by atoms with Crippen molar-refractivity contribution in [1.29, 1.82) is 0 Å². The molecule has 2 fully saturated rings. The van der Waals surface area contributed by atoms with Gasteiger partial charge in [-0.3, -0.25) is 9.48 Å². The zero-order chi connectivity index (χ0) is 24.2. The maximum atomic E-state index is 13.6. The van der Waals surface area contributed by atoms with Crippen molar-refractivity contribution in [3.63, 3.8) is 0 Å². The second kappa shape index (κ2) is 8.13. The Kier molecular flexibility index (Phi) is 5.03. The second-order valence-electron chi connectivity index (χ2n) is 9.07. The van der Waals surface area contributed by atoms with Crippen molar-refractivity contribution in [3.05, 3.63) is 54.7 Å². The molecule has 1 saturated carbocycles. The number of anilines is 1. The Morgan fingerprint density at radius 2 is 2.09 bits per heavy atom. The number of hydrogen-bond acceptors (Lipinski definition) is 6. The summed E-state index contributed by atoms with van der Waals surface area (Å²) < 4.78 is 26.5. The first kappa shape index (κ1) is 21.7.